The predicted octanol–water partition coefficient (Wildman–Crippen LogP) is 3.42. The van der Waals surface area contributed by atoms with Gasteiger partial charge in [0.05, 0.1) is 17.7 Å². The first-order chi connectivity index (χ1) is 9.02. The highest BCUT2D eigenvalue weighted by Crippen LogP contribution is 2.32. The molecule has 2 aromatic rings. The van der Waals surface area contributed by atoms with Gasteiger partial charge in [-0.2, -0.15) is 0 Å². The topological polar surface area (TPSA) is 52.3 Å². The molecule has 0 fully saturated rings. The molecule has 0 aliphatic heterocycles. The van der Waals surface area contributed by atoms with Crippen molar-refractivity contribution in [3.63, 3.8) is 0 Å². The van der Waals surface area contributed by atoms with E-state index in [2.05, 4.69) is 0 Å². The van der Waals surface area contributed by atoms with Crippen LogP contribution in [-0.4, -0.2) is 13.0 Å². The van der Waals surface area contributed by atoms with Crippen LogP contribution in [0.2, 0.25) is 5.02 Å². The van der Waals surface area contributed by atoms with Crippen molar-refractivity contribution in [2.24, 2.45) is 5.73 Å². The number of benzene rings is 2. The highest BCUT2D eigenvalue weighted by atomic mass is 35.5. The molecular weight excluding hydrogens is 262 g/mol. The number of aryl methyl sites for hydroxylation is 1. The van der Waals surface area contributed by atoms with E-state index in [4.69, 9.17) is 22.1 Å². The van der Waals surface area contributed by atoms with Gasteiger partial charge in [0.15, 0.2) is 0 Å². The molecule has 4 heteroatoms. The van der Waals surface area contributed by atoms with Crippen LogP contribution in [0.3, 0.4) is 0 Å². The third-order valence-corrected chi connectivity index (χ3v) is 3.23. The first-order valence-electron chi connectivity index (χ1n) is 5.77. The lowest BCUT2D eigenvalue weighted by molar-refractivity contribution is 0.100. The first-order valence-corrected chi connectivity index (χ1v) is 6.15. The van der Waals surface area contributed by atoms with E-state index in [0.717, 1.165) is 22.4 Å². The number of carbonyl (C=O) groups is 1. The molecule has 0 aliphatic carbocycles. The lowest BCUT2D eigenvalue weighted by Gasteiger charge is -2.11. The molecule has 0 radical (unpaired) electrons. The number of nitrogens with two attached hydrogens (primary N) is 1. The summed E-state index contributed by atoms with van der Waals surface area (Å²) in [5.41, 5.74) is 8.47. The SMILES string of the molecule is COc1ccc(C)cc1-c1ccc(Cl)c(C(N)=O)c1. The molecule has 0 bridgehead atoms. The number of amides is 1. The number of hydrogen-bond acceptors (Lipinski definition) is 2. The Morgan fingerprint density at radius 2 is 1.95 bits per heavy atom. The molecule has 0 saturated carbocycles. The van der Waals surface area contributed by atoms with Crippen LogP contribution in [0.1, 0.15) is 15.9 Å². The van der Waals surface area contributed by atoms with E-state index in [1.165, 1.54) is 0 Å². The summed E-state index contributed by atoms with van der Waals surface area (Å²) in [4.78, 5) is 11.3. The molecule has 0 heterocycles. The molecule has 3 nitrogen and oxygen atoms in total. The molecule has 0 aliphatic rings. The fraction of sp³-hybridized carbons (Fsp3) is 0.133. The van der Waals surface area contributed by atoms with Gasteiger partial charge < -0.3 is 10.5 Å². The lowest BCUT2D eigenvalue weighted by atomic mass is 10.00. The van der Waals surface area contributed by atoms with Gasteiger partial charge in [0, 0.05) is 5.56 Å². The van der Waals surface area contributed by atoms with Crippen molar-refractivity contribution < 1.29 is 9.53 Å². The molecule has 98 valence electrons. The third-order valence-electron chi connectivity index (χ3n) is 2.90. The minimum absolute atomic E-state index is 0.308. The van der Waals surface area contributed by atoms with Crippen molar-refractivity contribution in [3.05, 3.63) is 52.5 Å². The second kappa shape index (κ2) is 5.33. The highest BCUT2D eigenvalue weighted by molar-refractivity contribution is 6.33. The van der Waals surface area contributed by atoms with E-state index in [0.29, 0.717) is 10.6 Å². The Labute approximate surface area is 117 Å². The Balaban J connectivity index is 2.62. The van der Waals surface area contributed by atoms with Crippen molar-refractivity contribution in [1.82, 2.24) is 0 Å². The number of methoxy groups -OCH3 is 1. The normalized spacial score (nSPS) is 10.3. The van der Waals surface area contributed by atoms with Gasteiger partial charge in [0.1, 0.15) is 5.75 Å². The van der Waals surface area contributed by atoms with Crippen LogP contribution in [0.15, 0.2) is 36.4 Å². The Kier molecular flexibility index (Phi) is 3.76. The molecular formula is C15H14ClNO2. The van der Waals surface area contributed by atoms with Gasteiger partial charge in [-0.05, 0) is 36.8 Å². The molecule has 1 amide bonds. The highest BCUT2D eigenvalue weighted by Gasteiger charge is 2.11. The molecule has 2 aromatic carbocycles. The Morgan fingerprint density at radius 3 is 2.58 bits per heavy atom. The van der Waals surface area contributed by atoms with Gasteiger partial charge in [0.2, 0.25) is 5.91 Å². The van der Waals surface area contributed by atoms with Crippen LogP contribution in [0.4, 0.5) is 0 Å². The van der Waals surface area contributed by atoms with Crippen molar-refractivity contribution in [2.75, 3.05) is 7.11 Å². The Hall–Kier alpha value is -2.00. The minimum atomic E-state index is -0.543. The van der Waals surface area contributed by atoms with Crippen LogP contribution >= 0.6 is 11.6 Å². The summed E-state index contributed by atoms with van der Waals surface area (Å²) in [5, 5.41) is 0.350. The summed E-state index contributed by atoms with van der Waals surface area (Å²) in [6.07, 6.45) is 0. The third kappa shape index (κ3) is 2.71. The Morgan fingerprint density at radius 1 is 1.21 bits per heavy atom. The van der Waals surface area contributed by atoms with Gasteiger partial charge in [0.25, 0.3) is 0 Å². The number of ether oxygens (including phenoxy) is 1. The van der Waals surface area contributed by atoms with Crippen LogP contribution in [0.25, 0.3) is 11.1 Å². The number of halogens is 1. The smallest absolute Gasteiger partial charge is 0.250 e. The van der Waals surface area contributed by atoms with Crippen LogP contribution in [-0.2, 0) is 0 Å². The average molecular weight is 276 g/mol. The van der Waals surface area contributed by atoms with E-state index in [-0.39, 0.29) is 0 Å². The zero-order valence-electron chi connectivity index (χ0n) is 10.7. The van der Waals surface area contributed by atoms with Crippen LogP contribution in [0.5, 0.6) is 5.75 Å². The molecule has 0 atom stereocenters. The summed E-state index contributed by atoms with van der Waals surface area (Å²) in [6.45, 7) is 1.99. The minimum Gasteiger partial charge on any atom is -0.496 e. The second-order valence-electron chi connectivity index (χ2n) is 4.26. The zero-order valence-corrected chi connectivity index (χ0v) is 11.5. The van der Waals surface area contributed by atoms with E-state index >= 15 is 0 Å². The van der Waals surface area contributed by atoms with Gasteiger partial charge in [-0.25, -0.2) is 0 Å². The number of carbonyl (C=O) groups excluding carboxylic acids is 1. The zero-order chi connectivity index (χ0) is 14.0. The predicted molar refractivity (Wildman–Crippen MR) is 76.7 cm³/mol. The quantitative estimate of drug-likeness (QED) is 0.933. The summed E-state index contributed by atoms with van der Waals surface area (Å²) in [6, 6.07) is 11.0. The van der Waals surface area contributed by atoms with Crippen LogP contribution in [0, 0.1) is 6.92 Å². The van der Waals surface area contributed by atoms with Crippen molar-refractivity contribution in [1.29, 1.82) is 0 Å². The van der Waals surface area contributed by atoms with E-state index in [1.54, 1.807) is 19.2 Å². The second-order valence-corrected chi connectivity index (χ2v) is 4.67. The maximum absolute atomic E-state index is 11.3. The molecule has 0 aromatic heterocycles. The standard InChI is InChI=1S/C15H14ClNO2/c1-9-3-6-14(19-2)11(7-9)10-4-5-13(16)12(8-10)15(17)18/h3-8H,1-2H3,(H2,17,18). The number of primary amides is 1. The summed E-state index contributed by atoms with van der Waals surface area (Å²) >= 11 is 5.95. The van der Waals surface area contributed by atoms with E-state index < -0.39 is 5.91 Å². The van der Waals surface area contributed by atoms with E-state index in [9.17, 15) is 4.79 Å². The summed E-state index contributed by atoms with van der Waals surface area (Å²) in [7, 11) is 1.61. The maximum atomic E-state index is 11.3. The molecule has 0 spiro atoms. The van der Waals surface area contributed by atoms with Crippen molar-refractivity contribution in [2.45, 2.75) is 6.92 Å². The monoisotopic (exact) mass is 275 g/mol. The van der Waals surface area contributed by atoms with Crippen molar-refractivity contribution >= 4 is 17.5 Å². The average Bonchev–Trinajstić information content (AvgIpc) is 2.39. The van der Waals surface area contributed by atoms with Crippen molar-refractivity contribution in [3.8, 4) is 16.9 Å². The summed E-state index contributed by atoms with van der Waals surface area (Å²) in [5.74, 6) is 0.196. The first kappa shape index (κ1) is 13.4. The molecule has 2 rings (SSSR count). The maximum Gasteiger partial charge on any atom is 0.250 e. The summed E-state index contributed by atoms with van der Waals surface area (Å²) < 4.78 is 5.34. The van der Waals surface area contributed by atoms with Gasteiger partial charge >= 0.3 is 0 Å². The lowest BCUT2D eigenvalue weighted by Crippen LogP contribution is -2.11. The van der Waals surface area contributed by atoms with Gasteiger partial charge in [-0.1, -0.05) is 29.3 Å². The van der Waals surface area contributed by atoms with Crippen LogP contribution < -0.4 is 10.5 Å². The van der Waals surface area contributed by atoms with E-state index in [1.807, 2.05) is 31.2 Å². The fourth-order valence-corrected chi connectivity index (χ4v) is 2.14. The molecule has 19 heavy (non-hydrogen) atoms. The number of rotatable bonds is 3. The molecule has 0 saturated heterocycles. The molecule has 2 N–H and O–H groups in total. The van der Waals surface area contributed by atoms with Gasteiger partial charge in [-0.3, -0.25) is 4.79 Å². The largest absolute Gasteiger partial charge is 0.496 e. The number of hydrogen-bond donors (Lipinski definition) is 1. The van der Waals surface area contributed by atoms with Gasteiger partial charge in [-0.15, -0.1) is 0 Å². The fourth-order valence-electron chi connectivity index (χ4n) is 1.93. The molecule has 0 unspecified atom stereocenters. The Bertz CT molecular complexity index is 638.